The van der Waals surface area contributed by atoms with Crippen LogP contribution in [0.15, 0.2) is 66.7 Å². The molecule has 1 aliphatic carbocycles. The Labute approximate surface area is 149 Å². The maximum Gasteiger partial charge on any atom is -0.000705 e. The summed E-state index contributed by atoms with van der Waals surface area (Å²) in [4.78, 5) is 0. The molecule has 0 bridgehead atoms. The molecule has 0 aromatic heterocycles. The molecule has 0 nitrogen and oxygen atoms in total. The third-order valence-electron chi connectivity index (χ3n) is 5.65. The van der Waals surface area contributed by atoms with Crippen molar-refractivity contribution in [3.63, 3.8) is 0 Å². The molecule has 0 fully saturated rings. The third kappa shape index (κ3) is 2.07. The van der Waals surface area contributed by atoms with Crippen molar-refractivity contribution in [3.05, 3.63) is 83.4 Å². The summed E-state index contributed by atoms with van der Waals surface area (Å²) in [6.07, 6.45) is 1.04. The van der Waals surface area contributed by atoms with E-state index in [-0.39, 0.29) is 5.41 Å². The van der Waals surface area contributed by atoms with Gasteiger partial charge < -0.3 is 0 Å². The number of benzene rings is 4. The fourth-order valence-corrected chi connectivity index (χ4v) is 4.33. The SMILES string of the molecule is CC(C)(C)c1ccc2c(c1)-c1c(c3ccccc3c3ccccc13)C2. The van der Waals surface area contributed by atoms with Crippen molar-refractivity contribution in [1.82, 2.24) is 0 Å². The lowest BCUT2D eigenvalue weighted by atomic mass is 9.84. The van der Waals surface area contributed by atoms with E-state index in [9.17, 15) is 0 Å². The number of hydrogen-bond acceptors (Lipinski definition) is 0. The second kappa shape index (κ2) is 4.95. The molecule has 0 atom stereocenters. The summed E-state index contributed by atoms with van der Waals surface area (Å²) in [6, 6.07) is 24.9. The Kier molecular flexibility index (Phi) is 2.92. The van der Waals surface area contributed by atoms with Crippen LogP contribution in [-0.4, -0.2) is 0 Å². The molecule has 0 spiro atoms. The molecule has 0 amide bonds. The molecule has 0 heterocycles. The normalized spacial score (nSPS) is 13.2. The van der Waals surface area contributed by atoms with E-state index in [0.717, 1.165) is 6.42 Å². The van der Waals surface area contributed by atoms with E-state index in [1.54, 1.807) is 0 Å². The standard InChI is InChI=1S/C25H22/c1-25(2,3)17-13-12-16-14-23-20-10-5-4-8-18(20)19-9-6-7-11-21(19)24(23)22(16)15-17/h4-13,15H,14H2,1-3H3. The van der Waals surface area contributed by atoms with Gasteiger partial charge in [-0.1, -0.05) is 87.5 Å². The molecule has 122 valence electrons. The molecule has 0 heteroatoms. The van der Waals surface area contributed by atoms with Gasteiger partial charge in [0.2, 0.25) is 0 Å². The van der Waals surface area contributed by atoms with E-state index in [0.29, 0.717) is 0 Å². The maximum atomic E-state index is 2.43. The zero-order chi connectivity index (χ0) is 17.2. The first kappa shape index (κ1) is 14.7. The highest BCUT2D eigenvalue weighted by Crippen LogP contribution is 2.46. The van der Waals surface area contributed by atoms with Gasteiger partial charge in [0.05, 0.1) is 0 Å². The molecule has 1 aliphatic rings. The van der Waals surface area contributed by atoms with E-state index < -0.39 is 0 Å². The number of rotatable bonds is 0. The highest BCUT2D eigenvalue weighted by atomic mass is 14.3. The number of hydrogen-bond donors (Lipinski definition) is 0. The molecule has 0 saturated heterocycles. The second-order valence-electron chi connectivity index (χ2n) is 8.24. The molecular formula is C25H22. The molecule has 0 aliphatic heterocycles. The molecule has 4 aromatic rings. The maximum absolute atomic E-state index is 2.43. The molecule has 0 saturated carbocycles. The predicted molar refractivity (Wildman–Crippen MR) is 108 cm³/mol. The average Bonchev–Trinajstić information content (AvgIpc) is 3.00. The number of fused-ring (bicyclic) bond motifs is 8. The Morgan fingerprint density at radius 3 is 1.96 bits per heavy atom. The van der Waals surface area contributed by atoms with Crippen LogP contribution in [0.5, 0.6) is 0 Å². The van der Waals surface area contributed by atoms with E-state index >= 15 is 0 Å². The van der Waals surface area contributed by atoms with Gasteiger partial charge in [-0.25, -0.2) is 0 Å². The molecule has 0 N–H and O–H groups in total. The fourth-order valence-electron chi connectivity index (χ4n) is 4.33. The summed E-state index contributed by atoms with van der Waals surface area (Å²) in [5, 5.41) is 5.54. The van der Waals surface area contributed by atoms with Crippen molar-refractivity contribution >= 4 is 21.5 Å². The fraction of sp³-hybridized carbons (Fsp3) is 0.200. The van der Waals surface area contributed by atoms with Crippen molar-refractivity contribution in [2.45, 2.75) is 32.6 Å². The first-order valence-electron chi connectivity index (χ1n) is 9.10. The highest BCUT2D eigenvalue weighted by molar-refractivity contribution is 6.17. The van der Waals surface area contributed by atoms with E-state index in [4.69, 9.17) is 0 Å². The summed E-state index contributed by atoms with van der Waals surface area (Å²) in [7, 11) is 0. The smallest absolute Gasteiger partial charge is 0.000705 e. The van der Waals surface area contributed by atoms with Crippen LogP contribution in [0.25, 0.3) is 32.7 Å². The molecule has 4 aromatic carbocycles. The van der Waals surface area contributed by atoms with Crippen molar-refractivity contribution in [3.8, 4) is 11.1 Å². The lowest BCUT2D eigenvalue weighted by Crippen LogP contribution is -2.10. The van der Waals surface area contributed by atoms with E-state index in [2.05, 4.69) is 87.5 Å². The minimum absolute atomic E-state index is 0.171. The Bertz CT molecular complexity index is 1140. The van der Waals surface area contributed by atoms with Gasteiger partial charge >= 0.3 is 0 Å². The van der Waals surface area contributed by atoms with Gasteiger partial charge in [0, 0.05) is 0 Å². The van der Waals surface area contributed by atoms with Crippen molar-refractivity contribution in [1.29, 1.82) is 0 Å². The van der Waals surface area contributed by atoms with Crippen molar-refractivity contribution < 1.29 is 0 Å². The van der Waals surface area contributed by atoms with Crippen LogP contribution in [0.4, 0.5) is 0 Å². The van der Waals surface area contributed by atoms with Crippen molar-refractivity contribution in [2.75, 3.05) is 0 Å². The molecule has 5 rings (SSSR count). The van der Waals surface area contributed by atoms with Gasteiger partial charge in [-0.3, -0.25) is 0 Å². The Morgan fingerprint density at radius 2 is 1.28 bits per heavy atom. The van der Waals surface area contributed by atoms with Gasteiger partial charge in [-0.05, 0) is 61.2 Å². The molecule has 25 heavy (non-hydrogen) atoms. The average molecular weight is 322 g/mol. The summed E-state index contributed by atoms with van der Waals surface area (Å²) in [6.45, 7) is 6.88. The van der Waals surface area contributed by atoms with E-state index in [1.165, 1.54) is 49.4 Å². The zero-order valence-corrected chi connectivity index (χ0v) is 15.1. The van der Waals surface area contributed by atoms with Gasteiger partial charge in [-0.15, -0.1) is 0 Å². The summed E-state index contributed by atoms with van der Waals surface area (Å²) < 4.78 is 0. The van der Waals surface area contributed by atoms with Gasteiger partial charge in [0.25, 0.3) is 0 Å². The van der Waals surface area contributed by atoms with E-state index in [1.807, 2.05) is 0 Å². The largest absolute Gasteiger partial charge is 0.0616 e. The highest BCUT2D eigenvalue weighted by Gasteiger charge is 2.25. The molecule has 0 unspecified atom stereocenters. The Hall–Kier alpha value is -2.60. The third-order valence-corrected chi connectivity index (χ3v) is 5.65. The first-order chi connectivity index (χ1) is 12.0. The summed E-state index contributed by atoms with van der Waals surface area (Å²) >= 11 is 0. The monoisotopic (exact) mass is 322 g/mol. The van der Waals surface area contributed by atoms with Crippen LogP contribution in [0.1, 0.15) is 37.5 Å². The summed E-state index contributed by atoms with van der Waals surface area (Å²) in [5.74, 6) is 0. The van der Waals surface area contributed by atoms with Gasteiger partial charge in [0.1, 0.15) is 0 Å². The molecular weight excluding hydrogens is 300 g/mol. The lowest BCUT2D eigenvalue weighted by Gasteiger charge is -2.20. The zero-order valence-electron chi connectivity index (χ0n) is 15.1. The van der Waals surface area contributed by atoms with Crippen LogP contribution in [0.2, 0.25) is 0 Å². The quantitative estimate of drug-likeness (QED) is 0.273. The minimum atomic E-state index is 0.171. The lowest BCUT2D eigenvalue weighted by molar-refractivity contribution is 0.590. The summed E-state index contributed by atoms with van der Waals surface area (Å²) in [5.41, 5.74) is 7.43. The first-order valence-corrected chi connectivity index (χ1v) is 9.10. The van der Waals surface area contributed by atoms with Crippen LogP contribution < -0.4 is 0 Å². The molecule has 0 radical (unpaired) electrons. The van der Waals surface area contributed by atoms with Gasteiger partial charge in [-0.2, -0.15) is 0 Å². The van der Waals surface area contributed by atoms with Crippen LogP contribution in [-0.2, 0) is 11.8 Å². The Morgan fingerprint density at radius 1 is 0.680 bits per heavy atom. The Balaban J connectivity index is 1.94. The predicted octanol–water partition coefficient (Wildman–Crippen LogP) is 6.86. The van der Waals surface area contributed by atoms with Crippen LogP contribution in [0.3, 0.4) is 0 Å². The minimum Gasteiger partial charge on any atom is -0.0616 e. The second-order valence-corrected chi connectivity index (χ2v) is 8.24. The van der Waals surface area contributed by atoms with Crippen LogP contribution >= 0.6 is 0 Å². The van der Waals surface area contributed by atoms with Crippen molar-refractivity contribution in [2.24, 2.45) is 0 Å². The topological polar surface area (TPSA) is 0 Å². The van der Waals surface area contributed by atoms with Gasteiger partial charge in [0.15, 0.2) is 0 Å². The van der Waals surface area contributed by atoms with Crippen LogP contribution in [0, 0.1) is 0 Å².